The number of isocyanates is 1. The van der Waals surface area contributed by atoms with Crippen molar-refractivity contribution in [3.63, 3.8) is 0 Å². The molecule has 1 heterocycles. The molecule has 1 saturated carbocycles. The highest BCUT2D eigenvalue weighted by atomic mass is 16.5. The number of ether oxygens (including phenoxy) is 1. The smallest absolute Gasteiger partial charge is 0.339 e. The van der Waals surface area contributed by atoms with E-state index in [-0.39, 0.29) is 0 Å². The summed E-state index contributed by atoms with van der Waals surface area (Å²) in [6.45, 7) is 0. The zero-order valence-electron chi connectivity index (χ0n) is 8.77. The van der Waals surface area contributed by atoms with Gasteiger partial charge in [0.25, 0.3) is 0 Å². The Bertz CT molecular complexity index is 457. The number of hydrogen-bond donors (Lipinski definition) is 0. The predicted octanol–water partition coefficient (Wildman–Crippen LogP) is 1.19. The minimum atomic E-state index is -0.490. The van der Waals surface area contributed by atoms with Crippen molar-refractivity contribution in [1.82, 2.24) is 4.98 Å². The molecular formula is C11H10N2O3. The molecule has 5 heteroatoms. The molecule has 0 unspecified atom stereocenters. The van der Waals surface area contributed by atoms with Crippen molar-refractivity contribution < 1.29 is 14.3 Å². The molecule has 1 aliphatic carbocycles. The third-order valence-corrected chi connectivity index (χ3v) is 2.64. The molecule has 1 aromatic heterocycles. The molecule has 16 heavy (non-hydrogen) atoms. The largest absolute Gasteiger partial charge is 0.465 e. The minimum Gasteiger partial charge on any atom is -0.465 e. The fraction of sp³-hybridized carbons (Fsp3) is 0.364. The Morgan fingerprint density at radius 2 is 2.31 bits per heavy atom. The second-order valence-electron chi connectivity index (χ2n) is 3.66. The normalized spacial score (nSPS) is 16.1. The lowest BCUT2D eigenvalue weighted by Gasteiger charge is -2.06. The molecule has 0 amide bonds. The lowest BCUT2D eigenvalue weighted by atomic mass is 10.1. The van der Waals surface area contributed by atoms with E-state index in [1.807, 2.05) is 0 Å². The van der Waals surface area contributed by atoms with Crippen molar-refractivity contribution in [3.05, 3.63) is 29.6 Å². The zero-order valence-corrected chi connectivity index (χ0v) is 8.77. The summed E-state index contributed by atoms with van der Waals surface area (Å²) < 4.78 is 4.56. The van der Waals surface area contributed by atoms with E-state index in [1.165, 1.54) is 13.3 Å². The standard InChI is InChI=1S/C11H10N2O3/c1-16-10(15)8-2-3-9(12-6-8)11(4-5-11)13-7-14/h2-3,6H,4-5H2,1H3. The van der Waals surface area contributed by atoms with Crippen LogP contribution in [0.4, 0.5) is 0 Å². The van der Waals surface area contributed by atoms with Gasteiger partial charge in [-0.05, 0) is 25.0 Å². The van der Waals surface area contributed by atoms with Crippen LogP contribution in [0.3, 0.4) is 0 Å². The summed E-state index contributed by atoms with van der Waals surface area (Å²) in [5, 5.41) is 0. The summed E-state index contributed by atoms with van der Waals surface area (Å²) in [6, 6.07) is 3.31. The van der Waals surface area contributed by atoms with Crippen LogP contribution in [0.1, 0.15) is 28.9 Å². The van der Waals surface area contributed by atoms with Crippen LogP contribution in [0.2, 0.25) is 0 Å². The lowest BCUT2D eigenvalue weighted by molar-refractivity contribution is 0.0600. The monoisotopic (exact) mass is 218 g/mol. The van der Waals surface area contributed by atoms with Gasteiger partial charge in [-0.1, -0.05) is 0 Å². The van der Waals surface area contributed by atoms with Gasteiger partial charge in [-0.2, -0.15) is 4.99 Å². The van der Waals surface area contributed by atoms with E-state index in [9.17, 15) is 9.59 Å². The summed E-state index contributed by atoms with van der Waals surface area (Å²) in [5.74, 6) is -0.428. The molecule has 1 aromatic rings. The Hall–Kier alpha value is -2.00. The summed E-state index contributed by atoms with van der Waals surface area (Å²) in [6.07, 6.45) is 4.59. The molecule has 0 N–H and O–H groups in total. The van der Waals surface area contributed by atoms with Crippen LogP contribution in [-0.4, -0.2) is 24.1 Å². The summed E-state index contributed by atoms with van der Waals surface area (Å²) in [5.41, 5.74) is 0.594. The number of aliphatic imine (C=N–C) groups is 1. The van der Waals surface area contributed by atoms with Gasteiger partial charge in [-0.3, -0.25) is 4.98 Å². The molecule has 2 rings (SSSR count). The molecule has 1 aliphatic rings. The molecule has 5 nitrogen and oxygen atoms in total. The lowest BCUT2D eigenvalue weighted by Crippen LogP contribution is -2.08. The first-order valence-corrected chi connectivity index (χ1v) is 4.86. The quantitative estimate of drug-likeness (QED) is 0.434. The maximum atomic E-state index is 11.2. The van der Waals surface area contributed by atoms with Gasteiger partial charge in [0.15, 0.2) is 0 Å². The van der Waals surface area contributed by atoms with Gasteiger partial charge in [0.05, 0.1) is 18.4 Å². The highest BCUT2D eigenvalue weighted by Gasteiger charge is 2.46. The van der Waals surface area contributed by atoms with Crippen molar-refractivity contribution >= 4 is 12.0 Å². The van der Waals surface area contributed by atoms with E-state index in [0.717, 1.165) is 12.8 Å². The van der Waals surface area contributed by atoms with Gasteiger partial charge in [0.1, 0.15) is 5.54 Å². The van der Waals surface area contributed by atoms with Gasteiger partial charge < -0.3 is 4.74 Å². The molecule has 82 valence electrons. The molecule has 0 spiro atoms. The Kier molecular flexibility index (Phi) is 2.54. The van der Waals surface area contributed by atoms with Crippen LogP contribution in [0.5, 0.6) is 0 Å². The fourth-order valence-corrected chi connectivity index (χ4v) is 1.54. The summed E-state index contributed by atoms with van der Waals surface area (Å²) >= 11 is 0. The molecule has 0 aromatic carbocycles. The van der Waals surface area contributed by atoms with Crippen LogP contribution < -0.4 is 0 Å². The number of methoxy groups -OCH3 is 1. The van der Waals surface area contributed by atoms with E-state index >= 15 is 0 Å². The van der Waals surface area contributed by atoms with Crippen LogP contribution >= 0.6 is 0 Å². The topological polar surface area (TPSA) is 68.6 Å². The van der Waals surface area contributed by atoms with E-state index < -0.39 is 11.5 Å². The Balaban J connectivity index is 2.26. The van der Waals surface area contributed by atoms with E-state index in [2.05, 4.69) is 14.7 Å². The first kappa shape index (κ1) is 10.5. The van der Waals surface area contributed by atoms with E-state index in [0.29, 0.717) is 11.3 Å². The molecule has 0 atom stereocenters. The van der Waals surface area contributed by atoms with Crippen LogP contribution in [0.25, 0.3) is 0 Å². The number of esters is 1. The number of rotatable bonds is 3. The second-order valence-corrected chi connectivity index (χ2v) is 3.66. The predicted molar refractivity (Wildman–Crippen MR) is 54.6 cm³/mol. The number of pyridine rings is 1. The third kappa shape index (κ3) is 1.73. The van der Waals surface area contributed by atoms with Gasteiger partial charge in [0.2, 0.25) is 6.08 Å². The van der Waals surface area contributed by atoms with Gasteiger partial charge in [-0.15, -0.1) is 0 Å². The van der Waals surface area contributed by atoms with Gasteiger partial charge in [0, 0.05) is 6.20 Å². The maximum absolute atomic E-state index is 11.2. The third-order valence-electron chi connectivity index (χ3n) is 2.64. The first-order chi connectivity index (χ1) is 7.72. The molecule has 0 bridgehead atoms. The number of carbonyl (C=O) groups is 1. The summed E-state index contributed by atoms with van der Waals surface area (Å²) in [4.78, 5) is 29.3. The number of hydrogen-bond acceptors (Lipinski definition) is 5. The van der Waals surface area contributed by atoms with Crippen LogP contribution in [0.15, 0.2) is 23.3 Å². The fourth-order valence-electron chi connectivity index (χ4n) is 1.54. The van der Waals surface area contributed by atoms with Crippen molar-refractivity contribution in [1.29, 1.82) is 0 Å². The Morgan fingerprint density at radius 1 is 1.56 bits per heavy atom. The van der Waals surface area contributed by atoms with E-state index in [4.69, 9.17) is 0 Å². The Morgan fingerprint density at radius 3 is 2.75 bits per heavy atom. The molecular weight excluding hydrogens is 208 g/mol. The Labute approximate surface area is 92.2 Å². The molecule has 0 aliphatic heterocycles. The number of aromatic nitrogens is 1. The van der Waals surface area contributed by atoms with Crippen molar-refractivity contribution in [3.8, 4) is 0 Å². The van der Waals surface area contributed by atoms with Crippen molar-refractivity contribution in [2.45, 2.75) is 18.4 Å². The second kappa shape index (κ2) is 3.87. The highest BCUT2D eigenvalue weighted by molar-refractivity contribution is 5.88. The van der Waals surface area contributed by atoms with Gasteiger partial charge in [-0.25, -0.2) is 9.59 Å². The average molecular weight is 218 g/mol. The molecule has 0 radical (unpaired) electrons. The summed E-state index contributed by atoms with van der Waals surface area (Å²) in [7, 11) is 1.31. The maximum Gasteiger partial charge on any atom is 0.339 e. The molecule has 1 fully saturated rings. The van der Waals surface area contributed by atoms with Crippen molar-refractivity contribution in [2.75, 3.05) is 7.11 Å². The zero-order chi connectivity index (χ0) is 11.6. The minimum absolute atomic E-state index is 0.386. The van der Waals surface area contributed by atoms with Crippen LogP contribution in [-0.2, 0) is 15.1 Å². The highest BCUT2D eigenvalue weighted by Crippen LogP contribution is 2.48. The number of nitrogens with zero attached hydrogens (tertiary/aromatic N) is 2. The van der Waals surface area contributed by atoms with E-state index in [1.54, 1.807) is 18.2 Å². The average Bonchev–Trinajstić information content (AvgIpc) is 3.10. The first-order valence-electron chi connectivity index (χ1n) is 4.86. The number of carbonyl (C=O) groups excluding carboxylic acids is 2. The van der Waals surface area contributed by atoms with Crippen molar-refractivity contribution in [2.24, 2.45) is 4.99 Å². The van der Waals surface area contributed by atoms with Crippen LogP contribution in [0, 0.1) is 0 Å². The SMILES string of the molecule is COC(=O)c1ccc(C2(N=C=O)CC2)nc1. The van der Waals surface area contributed by atoms with Gasteiger partial charge >= 0.3 is 5.97 Å². The molecule has 0 saturated heterocycles.